The van der Waals surface area contributed by atoms with Gasteiger partial charge in [0.1, 0.15) is 5.84 Å². The van der Waals surface area contributed by atoms with Crippen LogP contribution in [-0.2, 0) is 0 Å². The predicted octanol–water partition coefficient (Wildman–Crippen LogP) is 1.94. The second-order valence-corrected chi connectivity index (χ2v) is 7.83. The van der Waals surface area contributed by atoms with Crippen molar-refractivity contribution >= 4 is 23.5 Å². The van der Waals surface area contributed by atoms with Gasteiger partial charge >= 0.3 is 0 Å². The number of pyridine rings is 1. The first kappa shape index (κ1) is 24.7. The van der Waals surface area contributed by atoms with Crippen molar-refractivity contribution in [3.8, 4) is 0 Å². The van der Waals surface area contributed by atoms with Crippen LogP contribution in [0.5, 0.6) is 0 Å². The number of nitrogens with two attached hydrogens (primary N) is 1. The van der Waals surface area contributed by atoms with E-state index in [1.165, 1.54) is 12.8 Å². The minimum Gasteiger partial charge on any atom is -0.369 e. The number of hydrogen-bond donors (Lipinski definition) is 3. The van der Waals surface area contributed by atoms with E-state index < -0.39 is 0 Å². The molecule has 172 valence electrons. The minimum absolute atomic E-state index is 0.176. The number of carbonyl (C=O) groups excluding carboxylic acids is 1. The summed E-state index contributed by atoms with van der Waals surface area (Å²) in [6.07, 6.45) is 6.73. The van der Waals surface area contributed by atoms with E-state index in [2.05, 4.69) is 49.4 Å². The maximum atomic E-state index is 12.5. The predicted molar refractivity (Wildman–Crippen MR) is 127 cm³/mol. The van der Waals surface area contributed by atoms with Crippen LogP contribution in [0.2, 0.25) is 0 Å². The molecule has 0 saturated carbocycles. The van der Waals surface area contributed by atoms with Gasteiger partial charge in [0.15, 0.2) is 5.82 Å². The fourth-order valence-corrected chi connectivity index (χ4v) is 3.22. The number of amidine groups is 1. The largest absolute Gasteiger partial charge is 0.369 e. The number of aliphatic imine (C=N–C) groups is 2. The van der Waals surface area contributed by atoms with Gasteiger partial charge in [-0.15, -0.1) is 0 Å². The SMILES string of the molecule is CCCCCCNC(=O)c1cccnc1N=C(N)NC(CC)=NCN1CCN(C)CC1. The van der Waals surface area contributed by atoms with E-state index in [0.717, 1.165) is 44.9 Å². The monoisotopic (exact) mass is 430 g/mol. The Labute approximate surface area is 186 Å². The molecule has 9 heteroatoms. The van der Waals surface area contributed by atoms with Gasteiger partial charge in [-0.2, -0.15) is 4.99 Å². The van der Waals surface area contributed by atoms with Crippen LogP contribution < -0.4 is 16.4 Å². The molecule has 1 aliphatic heterocycles. The third-order valence-corrected chi connectivity index (χ3v) is 5.24. The molecule has 0 aromatic carbocycles. The van der Waals surface area contributed by atoms with Crippen molar-refractivity contribution in [1.82, 2.24) is 25.4 Å². The molecule has 2 heterocycles. The Bertz CT molecular complexity index is 741. The molecule has 2 rings (SSSR count). The van der Waals surface area contributed by atoms with Gasteiger partial charge in [0.2, 0.25) is 5.96 Å². The molecule has 0 bridgehead atoms. The molecule has 1 aliphatic rings. The number of hydrogen-bond acceptors (Lipinski definition) is 6. The van der Waals surface area contributed by atoms with Gasteiger partial charge in [0.25, 0.3) is 5.91 Å². The molecule has 1 saturated heterocycles. The van der Waals surface area contributed by atoms with Crippen molar-refractivity contribution in [3.05, 3.63) is 23.9 Å². The molecule has 0 atom stereocenters. The lowest BCUT2D eigenvalue weighted by atomic mass is 10.2. The Morgan fingerprint density at radius 1 is 1.19 bits per heavy atom. The Morgan fingerprint density at radius 2 is 1.97 bits per heavy atom. The lowest BCUT2D eigenvalue weighted by molar-refractivity contribution is 0.0953. The van der Waals surface area contributed by atoms with Gasteiger partial charge < -0.3 is 21.3 Å². The lowest BCUT2D eigenvalue weighted by Crippen LogP contribution is -2.45. The number of carbonyl (C=O) groups is 1. The summed E-state index contributed by atoms with van der Waals surface area (Å²) in [6.45, 7) is 9.57. The average molecular weight is 431 g/mol. The second-order valence-electron chi connectivity index (χ2n) is 7.83. The highest BCUT2D eigenvalue weighted by atomic mass is 16.1. The number of piperazine rings is 1. The zero-order valence-electron chi connectivity index (χ0n) is 19.2. The first-order valence-corrected chi connectivity index (χ1v) is 11.3. The summed E-state index contributed by atoms with van der Waals surface area (Å²) in [6, 6.07) is 3.44. The van der Waals surface area contributed by atoms with Crippen LogP contribution in [-0.4, -0.2) is 78.9 Å². The molecule has 9 nitrogen and oxygen atoms in total. The van der Waals surface area contributed by atoms with Crippen LogP contribution in [0.15, 0.2) is 28.3 Å². The molecule has 0 radical (unpaired) electrons. The van der Waals surface area contributed by atoms with Crippen molar-refractivity contribution in [2.45, 2.75) is 46.0 Å². The minimum atomic E-state index is -0.185. The van der Waals surface area contributed by atoms with Crippen LogP contribution >= 0.6 is 0 Å². The molecule has 31 heavy (non-hydrogen) atoms. The fraction of sp³-hybridized carbons (Fsp3) is 0.636. The Kier molecular flexibility index (Phi) is 10.9. The summed E-state index contributed by atoms with van der Waals surface area (Å²) in [4.78, 5) is 30.4. The van der Waals surface area contributed by atoms with E-state index in [-0.39, 0.29) is 11.9 Å². The molecule has 0 aliphatic carbocycles. The van der Waals surface area contributed by atoms with Crippen molar-refractivity contribution in [2.24, 2.45) is 15.7 Å². The molecule has 1 aromatic rings. The Morgan fingerprint density at radius 3 is 2.68 bits per heavy atom. The maximum Gasteiger partial charge on any atom is 0.255 e. The molecule has 1 fully saturated rings. The molecule has 1 aromatic heterocycles. The number of nitrogens with zero attached hydrogens (tertiary/aromatic N) is 5. The van der Waals surface area contributed by atoms with Gasteiger partial charge in [-0.3, -0.25) is 14.7 Å². The summed E-state index contributed by atoms with van der Waals surface area (Å²) >= 11 is 0. The summed E-state index contributed by atoms with van der Waals surface area (Å²) in [5.74, 6) is 1.05. The van der Waals surface area contributed by atoms with Crippen molar-refractivity contribution in [3.63, 3.8) is 0 Å². The smallest absolute Gasteiger partial charge is 0.255 e. The van der Waals surface area contributed by atoms with Crippen LogP contribution in [0.4, 0.5) is 5.82 Å². The summed E-state index contributed by atoms with van der Waals surface area (Å²) in [5, 5.41) is 6.01. The van der Waals surface area contributed by atoms with E-state index >= 15 is 0 Å². The van der Waals surface area contributed by atoms with Gasteiger partial charge in [0.05, 0.1) is 12.2 Å². The van der Waals surface area contributed by atoms with Crippen LogP contribution in [0.3, 0.4) is 0 Å². The first-order chi connectivity index (χ1) is 15.0. The van der Waals surface area contributed by atoms with E-state index in [4.69, 9.17) is 5.73 Å². The number of guanidine groups is 1. The number of nitrogens with one attached hydrogen (secondary N) is 2. The zero-order chi connectivity index (χ0) is 22.5. The third kappa shape index (κ3) is 9.02. The van der Waals surface area contributed by atoms with E-state index in [1.54, 1.807) is 18.3 Å². The number of unbranched alkanes of at least 4 members (excludes halogenated alkanes) is 3. The number of likely N-dealkylation sites (N-methyl/N-ethyl adjacent to an activating group) is 1. The highest BCUT2D eigenvalue weighted by Gasteiger charge is 2.14. The maximum absolute atomic E-state index is 12.5. The highest BCUT2D eigenvalue weighted by Crippen LogP contribution is 2.15. The molecule has 0 unspecified atom stereocenters. The van der Waals surface area contributed by atoms with Gasteiger partial charge in [0, 0.05) is 45.3 Å². The van der Waals surface area contributed by atoms with E-state index in [1.807, 2.05) is 6.92 Å². The van der Waals surface area contributed by atoms with Crippen molar-refractivity contribution < 1.29 is 4.79 Å². The van der Waals surface area contributed by atoms with Gasteiger partial charge in [-0.1, -0.05) is 33.1 Å². The van der Waals surface area contributed by atoms with Crippen LogP contribution in [0.25, 0.3) is 0 Å². The van der Waals surface area contributed by atoms with Gasteiger partial charge in [-0.25, -0.2) is 4.98 Å². The molecule has 4 N–H and O–H groups in total. The quantitative estimate of drug-likeness (QED) is 0.297. The average Bonchev–Trinajstić information content (AvgIpc) is 2.77. The Hall–Kier alpha value is -2.52. The van der Waals surface area contributed by atoms with Crippen molar-refractivity contribution in [2.75, 3.05) is 46.4 Å². The number of amides is 1. The summed E-state index contributed by atoms with van der Waals surface area (Å²) < 4.78 is 0. The topological polar surface area (TPSA) is 111 Å². The molecular formula is C22H38N8O. The lowest BCUT2D eigenvalue weighted by Gasteiger charge is -2.31. The number of rotatable bonds is 10. The molecule has 1 amide bonds. The summed E-state index contributed by atoms with van der Waals surface area (Å²) in [5.41, 5.74) is 6.51. The van der Waals surface area contributed by atoms with E-state index in [0.29, 0.717) is 31.0 Å². The molecular weight excluding hydrogens is 392 g/mol. The van der Waals surface area contributed by atoms with E-state index in [9.17, 15) is 4.79 Å². The highest BCUT2D eigenvalue weighted by molar-refractivity contribution is 6.02. The normalized spacial score (nSPS) is 16.4. The Balaban J connectivity index is 1.95. The number of aromatic nitrogens is 1. The third-order valence-electron chi connectivity index (χ3n) is 5.24. The second kappa shape index (κ2) is 13.7. The summed E-state index contributed by atoms with van der Waals surface area (Å²) in [7, 11) is 2.13. The van der Waals surface area contributed by atoms with Gasteiger partial charge in [-0.05, 0) is 25.6 Å². The van der Waals surface area contributed by atoms with Crippen LogP contribution in [0, 0.1) is 0 Å². The van der Waals surface area contributed by atoms with Crippen molar-refractivity contribution in [1.29, 1.82) is 0 Å². The standard InChI is InChI=1S/C22H38N8O/c1-4-6-7-8-11-25-21(31)18-10-9-12-24-20(18)28-22(23)27-19(5-2)26-17-30-15-13-29(3)14-16-30/h9-10,12H,4-8,11,13-17H2,1-3H3,(H,25,31)(H3,23,24,26,27,28). The molecule has 0 spiro atoms. The fourth-order valence-electron chi connectivity index (χ4n) is 3.22. The first-order valence-electron chi connectivity index (χ1n) is 11.3. The zero-order valence-corrected chi connectivity index (χ0v) is 19.2. The van der Waals surface area contributed by atoms with Crippen LogP contribution in [0.1, 0.15) is 56.3 Å².